The zero-order valence-electron chi connectivity index (χ0n) is 24.9. The molecule has 224 valence electrons. The number of rotatable bonds is 28. The maximum absolute atomic E-state index is 6.47. The average molecular weight is 605 g/mol. The van der Waals surface area contributed by atoms with Crippen LogP contribution in [0.4, 0.5) is 0 Å². The Kier molecular flexibility index (Phi) is 24.6. The monoisotopic (exact) mass is 604 g/mol. The van der Waals surface area contributed by atoms with Gasteiger partial charge in [0.2, 0.25) is 0 Å². The lowest BCUT2D eigenvalue weighted by Crippen LogP contribution is -2.71. The smallest absolute Gasteiger partial charge is 0.307 e. The molecule has 0 heterocycles. The van der Waals surface area contributed by atoms with Crippen LogP contribution in [0.15, 0.2) is 0 Å². The lowest BCUT2D eigenvalue weighted by Gasteiger charge is -2.54. The van der Waals surface area contributed by atoms with Crippen molar-refractivity contribution < 1.29 is 28.4 Å². The first-order valence-corrected chi connectivity index (χ1v) is 19.4. The van der Waals surface area contributed by atoms with Gasteiger partial charge < -0.3 is 28.4 Å². The van der Waals surface area contributed by atoms with Crippen LogP contribution in [0.5, 0.6) is 0 Å². The van der Waals surface area contributed by atoms with Gasteiger partial charge in [0.05, 0.1) is 0 Å². The normalized spacial score (nSPS) is 13.0. The molecule has 0 saturated heterocycles. The Morgan fingerprint density at radius 1 is 0.459 bits per heavy atom. The first-order chi connectivity index (χ1) is 18.0. The van der Waals surface area contributed by atoms with E-state index in [1.165, 1.54) is 32.1 Å². The van der Waals surface area contributed by atoms with Crippen molar-refractivity contribution in [2.24, 2.45) is 0 Å². The molecule has 0 spiro atoms. The highest BCUT2D eigenvalue weighted by Crippen LogP contribution is 2.61. The van der Waals surface area contributed by atoms with Gasteiger partial charge in [-0.3, -0.25) is 0 Å². The summed E-state index contributed by atoms with van der Waals surface area (Å²) in [6.45, 7) is 18.8. The lowest BCUT2D eigenvalue weighted by molar-refractivity contribution is -0.475. The molecular weight excluding hydrogens is 549 g/mol. The van der Waals surface area contributed by atoms with Crippen molar-refractivity contribution >= 4 is 41.2 Å². The Hall–Kier alpha value is 1.16. The van der Waals surface area contributed by atoms with Crippen LogP contribution in [-0.4, -0.2) is 62.1 Å². The highest BCUT2D eigenvalue weighted by atomic mass is 33.7. The third-order valence-corrected chi connectivity index (χ3v) is 12.9. The molecule has 10 heteroatoms. The van der Waals surface area contributed by atoms with Crippen LogP contribution in [0.1, 0.15) is 113 Å². The van der Waals surface area contributed by atoms with Gasteiger partial charge in [0.15, 0.2) is 4.75 Å². The number of hydrogen-bond acceptors (Lipinski definition) is 10. The van der Waals surface area contributed by atoms with Gasteiger partial charge in [-0.25, -0.2) is 0 Å². The SMILES string of the molecule is CCCCCCCCCC(SSSSCCC)(C(OCC)(OCC)OCC)C(OCC)(OCC)OCC. The zero-order valence-corrected chi connectivity index (χ0v) is 28.2. The number of unbranched alkanes of at least 4 members (excludes halogenated alkanes) is 6. The Labute approximate surface area is 244 Å². The highest BCUT2D eigenvalue weighted by molar-refractivity contribution is 9.26. The number of ether oxygens (including phenoxy) is 6. The largest absolute Gasteiger partial charge is 0.326 e. The summed E-state index contributed by atoms with van der Waals surface area (Å²) in [5, 5.41) is 0. The average Bonchev–Trinajstić information content (AvgIpc) is 2.87. The van der Waals surface area contributed by atoms with Crippen molar-refractivity contribution in [1.29, 1.82) is 0 Å². The van der Waals surface area contributed by atoms with E-state index < -0.39 is 16.7 Å². The van der Waals surface area contributed by atoms with E-state index in [1.54, 1.807) is 30.4 Å². The molecule has 37 heavy (non-hydrogen) atoms. The second-order valence-electron chi connectivity index (χ2n) is 8.45. The minimum absolute atomic E-state index is 0.419. The molecule has 0 aliphatic heterocycles. The summed E-state index contributed by atoms with van der Waals surface area (Å²) in [5.74, 6) is -1.74. The van der Waals surface area contributed by atoms with Gasteiger partial charge in [-0.1, -0.05) is 80.4 Å². The predicted octanol–water partition coefficient (Wildman–Crippen LogP) is 9.48. The molecule has 0 amide bonds. The second-order valence-corrected chi connectivity index (χ2v) is 14.7. The molecule has 0 fully saturated rings. The van der Waals surface area contributed by atoms with Crippen molar-refractivity contribution in [3.8, 4) is 0 Å². The van der Waals surface area contributed by atoms with Crippen LogP contribution in [0.2, 0.25) is 0 Å². The molecule has 0 aliphatic carbocycles. The lowest BCUT2D eigenvalue weighted by atomic mass is 9.92. The standard InChI is InChI=1S/C27H56O6S4/c1-9-17-18-19-20-21-22-23-25(35-37-36-34-24-10-2,26(28-11-3,29-12-4)30-13-5)27(31-14-6,32-15-7)33-16-8/h9-24H2,1-8H3. The maximum atomic E-state index is 6.47. The van der Waals surface area contributed by atoms with Crippen molar-refractivity contribution in [3.05, 3.63) is 0 Å². The minimum atomic E-state index is -1.42. The van der Waals surface area contributed by atoms with Gasteiger partial charge in [0.1, 0.15) is 0 Å². The summed E-state index contributed by atoms with van der Waals surface area (Å²) in [4.78, 5) is 0. The zero-order chi connectivity index (χ0) is 27.9. The van der Waals surface area contributed by atoms with Crippen LogP contribution in [0, 0.1) is 0 Å². The molecule has 0 bridgehead atoms. The molecule has 0 aromatic heterocycles. The van der Waals surface area contributed by atoms with Crippen molar-refractivity contribution in [2.45, 2.75) is 130 Å². The second kappa shape index (κ2) is 23.8. The maximum Gasteiger partial charge on any atom is 0.307 e. The Bertz CT molecular complexity index is 455. The predicted molar refractivity (Wildman–Crippen MR) is 166 cm³/mol. The Morgan fingerprint density at radius 2 is 0.865 bits per heavy atom. The van der Waals surface area contributed by atoms with Crippen LogP contribution >= 0.6 is 41.2 Å². The minimum Gasteiger partial charge on any atom is -0.326 e. The highest BCUT2D eigenvalue weighted by Gasteiger charge is 2.71. The molecule has 0 unspecified atom stereocenters. The van der Waals surface area contributed by atoms with Gasteiger partial charge in [0.25, 0.3) is 0 Å². The molecule has 0 saturated carbocycles. The molecule has 0 radical (unpaired) electrons. The van der Waals surface area contributed by atoms with Gasteiger partial charge in [0, 0.05) is 45.4 Å². The van der Waals surface area contributed by atoms with E-state index in [0.717, 1.165) is 25.0 Å². The first kappa shape index (κ1) is 38.2. The van der Waals surface area contributed by atoms with E-state index in [1.807, 2.05) is 52.3 Å². The van der Waals surface area contributed by atoms with E-state index in [0.29, 0.717) is 46.1 Å². The Morgan fingerprint density at radius 3 is 1.24 bits per heavy atom. The van der Waals surface area contributed by atoms with Crippen LogP contribution in [0.25, 0.3) is 0 Å². The third kappa shape index (κ3) is 12.3. The van der Waals surface area contributed by atoms with Crippen LogP contribution in [-0.2, 0) is 28.4 Å². The van der Waals surface area contributed by atoms with E-state index in [-0.39, 0.29) is 0 Å². The fourth-order valence-corrected chi connectivity index (χ4v) is 11.7. The van der Waals surface area contributed by atoms with Crippen LogP contribution in [0.3, 0.4) is 0 Å². The summed E-state index contributed by atoms with van der Waals surface area (Å²) in [7, 11) is 6.96. The van der Waals surface area contributed by atoms with Gasteiger partial charge >= 0.3 is 11.9 Å². The molecule has 0 N–H and O–H groups in total. The third-order valence-electron chi connectivity index (χ3n) is 5.67. The molecule has 0 aromatic carbocycles. The molecule has 0 aromatic rings. The van der Waals surface area contributed by atoms with E-state index in [2.05, 4.69) is 13.8 Å². The van der Waals surface area contributed by atoms with Crippen molar-refractivity contribution in [3.63, 3.8) is 0 Å². The topological polar surface area (TPSA) is 55.4 Å². The summed E-state index contributed by atoms with van der Waals surface area (Å²) in [6, 6.07) is 0. The first-order valence-electron chi connectivity index (χ1n) is 14.5. The van der Waals surface area contributed by atoms with Gasteiger partial charge in [-0.15, -0.1) is 0 Å². The fraction of sp³-hybridized carbons (Fsp3) is 1.00. The number of hydrogen-bond donors (Lipinski definition) is 0. The van der Waals surface area contributed by atoms with E-state index in [4.69, 9.17) is 28.4 Å². The summed E-state index contributed by atoms with van der Waals surface area (Å²) >= 11 is 0. The quantitative estimate of drug-likeness (QED) is 0.0490. The Balaban J connectivity index is 6.66. The summed E-state index contributed by atoms with van der Waals surface area (Å²) in [6.07, 6.45) is 10.2. The van der Waals surface area contributed by atoms with Crippen molar-refractivity contribution in [2.75, 3.05) is 45.4 Å². The molecule has 6 nitrogen and oxygen atoms in total. The van der Waals surface area contributed by atoms with Crippen LogP contribution < -0.4 is 0 Å². The molecular formula is C27H56O6S4. The van der Waals surface area contributed by atoms with E-state index >= 15 is 0 Å². The van der Waals surface area contributed by atoms with Gasteiger partial charge in [-0.05, 0) is 74.0 Å². The molecule has 0 aliphatic rings. The van der Waals surface area contributed by atoms with E-state index in [9.17, 15) is 0 Å². The molecule has 0 rings (SSSR count). The molecule has 0 atom stereocenters. The van der Waals surface area contributed by atoms with Crippen molar-refractivity contribution in [1.82, 2.24) is 0 Å². The van der Waals surface area contributed by atoms with Gasteiger partial charge in [-0.2, -0.15) is 0 Å². The summed E-state index contributed by atoms with van der Waals surface area (Å²) < 4.78 is 37.9. The summed E-state index contributed by atoms with van der Waals surface area (Å²) in [5.41, 5.74) is 0. The fourth-order valence-electron chi connectivity index (χ4n) is 4.27.